The van der Waals surface area contributed by atoms with Crippen molar-refractivity contribution < 1.29 is 4.74 Å². The van der Waals surface area contributed by atoms with E-state index in [-0.39, 0.29) is 5.60 Å². The third-order valence-electron chi connectivity index (χ3n) is 3.62. The molecule has 1 saturated heterocycles. The Kier molecular flexibility index (Phi) is 5.13. The van der Waals surface area contributed by atoms with Crippen LogP contribution in [-0.2, 0) is 4.74 Å². The maximum Gasteiger partial charge on any atom is 0.101 e. The van der Waals surface area contributed by atoms with Gasteiger partial charge in [-0.1, -0.05) is 50.8 Å². The molecule has 1 fully saturated rings. The lowest BCUT2D eigenvalue weighted by atomic mass is 10.0. The van der Waals surface area contributed by atoms with Crippen LogP contribution in [-0.4, -0.2) is 17.5 Å². The van der Waals surface area contributed by atoms with Crippen LogP contribution in [0.15, 0.2) is 35.2 Å². The number of benzene rings is 1. The van der Waals surface area contributed by atoms with Gasteiger partial charge < -0.3 is 4.74 Å². The molecular weight excluding hydrogens is 240 g/mol. The van der Waals surface area contributed by atoms with E-state index in [4.69, 9.17) is 4.74 Å². The number of rotatable bonds is 8. The first-order chi connectivity index (χ1) is 8.74. The third-order valence-corrected chi connectivity index (χ3v) is 4.95. The summed E-state index contributed by atoms with van der Waals surface area (Å²) >= 11 is 1.91. The Hall–Kier alpha value is -0.470. The SMILES string of the molecule is CCCCCC[C@H]1O[C@]1(C)CSc1ccccc1. The summed E-state index contributed by atoms with van der Waals surface area (Å²) in [5.74, 6) is 1.08. The van der Waals surface area contributed by atoms with Crippen molar-refractivity contribution in [3.8, 4) is 0 Å². The van der Waals surface area contributed by atoms with Crippen LogP contribution < -0.4 is 0 Å². The van der Waals surface area contributed by atoms with Crippen molar-refractivity contribution in [3.05, 3.63) is 30.3 Å². The van der Waals surface area contributed by atoms with Crippen molar-refractivity contribution in [1.82, 2.24) is 0 Å². The highest BCUT2D eigenvalue weighted by atomic mass is 32.2. The number of epoxide rings is 1. The summed E-state index contributed by atoms with van der Waals surface area (Å²) in [6.07, 6.45) is 7.11. The molecule has 0 aliphatic carbocycles. The zero-order valence-corrected chi connectivity index (χ0v) is 12.3. The van der Waals surface area contributed by atoms with E-state index in [1.807, 2.05) is 11.8 Å². The minimum Gasteiger partial charge on any atom is -0.365 e. The van der Waals surface area contributed by atoms with E-state index >= 15 is 0 Å². The summed E-state index contributed by atoms with van der Waals surface area (Å²) in [6.45, 7) is 4.52. The molecule has 1 aromatic rings. The Morgan fingerprint density at radius 1 is 1.17 bits per heavy atom. The molecule has 1 heterocycles. The van der Waals surface area contributed by atoms with Gasteiger partial charge in [-0.25, -0.2) is 0 Å². The minimum absolute atomic E-state index is 0.132. The largest absolute Gasteiger partial charge is 0.365 e. The second-order valence-electron chi connectivity index (χ2n) is 5.37. The van der Waals surface area contributed by atoms with Crippen molar-refractivity contribution in [2.24, 2.45) is 0 Å². The van der Waals surface area contributed by atoms with E-state index in [0.29, 0.717) is 6.10 Å². The zero-order chi connectivity index (χ0) is 12.8. The standard InChI is InChI=1S/C16H24OS/c1-3-4-5-9-12-15-16(2,17-15)13-18-14-10-7-6-8-11-14/h6-8,10-11,15H,3-5,9,12-13H2,1-2H3/t15-,16-/m1/s1. The first-order valence-corrected chi connectivity index (χ1v) is 8.09. The molecule has 0 aromatic heterocycles. The number of ether oxygens (including phenoxy) is 1. The molecule has 1 nitrogen and oxygen atoms in total. The van der Waals surface area contributed by atoms with Gasteiger partial charge in [0.15, 0.2) is 0 Å². The van der Waals surface area contributed by atoms with Gasteiger partial charge in [0.2, 0.25) is 0 Å². The van der Waals surface area contributed by atoms with E-state index in [0.717, 1.165) is 5.75 Å². The smallest absolute Gasteiger partial charge is 0.101 e. The monoisotopic (exact) mass is 264 g/mol. The average Bonchev–Trinajstić information content (AvgIpc) is 3.05. The number of hydrogen-bond donors (Lipinski definition) is 0. The van der Waals surface area contributed by atoms with Gasteiger partial charge in [0.05, 0.1) is 6.10 Å². The van der Waals surface area contributed by atoms with E-state index < -0.39 is 0 Å². The second-order valence-corrected chi connectivity index (χ2v) is 6.42. The van der Waals surface area contributed by atoms with Gasteiger partial charge in [-0.05, 0) is 25.5 Å². The highest BCUT2D eigenvalue weighted by Crippen LogP contribution is 2.43. The van der Waals surface area contributed by atoms with Gasteiger partial charge >= 0.3 is 0 Å². The van der Waals surface area contributed by atoms with Crippen LogP contribution in [0.4, 0.5) is 0 Å². The van der Waals surface area contributed by atoms with Gasteiger partial charge in [0.25, 0.3) is 0 Å². The van der Waals surface area contributed by atoms with Crippen LogP contribution in [0.2, 0.25) is 0 Å². The van der Waals surface area contributed by atoms with Gasteiger partial charge in [0, 0.05) is 10.6 Å². The van der Waals surface area contributed by atoms with Crippen molar-refractivity contribution in [1.29, 1.82) is 0 Å². The lowest BCUT2D eigenvalue weighted by Gasteiger charge is -2.06. The topological polar surface area (TPSA) is 12.5 Å². The molecule has 0 amide bonds. The zero-order valence-electron chi connectivity index (χ0n) is 11.5. The molecule has 0 radical (unpaired) electrons. The molecule has 0 spiro atoms. The summed E-state index contributed by atoms with van der Waals surface area (Å²) in [7, 11) is 0. The van der Waals surface area contributed by atoms with Crippen molar-refractivity contribution >= 4 is 11.8 Å². The van der Waals surface area contributed by atoms with Crippen molar-refractivity contribution in [2.75, 3.05) is 5.75 Å². The first kappa shape index (κ1) is 14.0. The fraction of sp³-hybridized carbons (Fsp3) is 0.625. The molecule has 18 heavy (non-hydrogen) atoms. The fourth-order valence-electron chi connectivity index (χ4n) is 2.28. The van der Waals surface area contributed by atoms with Crippen LogP contribution in [0.25, 0.3) is 0 Å². The molecule has 2 atom stereocenters. The number of hydrogen-bond acceptors (Lipinski definition) is 2. The van der Waals surface area contributed by atoms with Gasteiger partial charge in [-0.2, -0.15) is 0 Å². The first-order valence-electron chi connectivity index (χ1n) is 7.10. The highest BCUT2D eigenvalue weighted by molar-refractivity contribution is 7.99. The predicted molar refractivity (Wildman–Crippen MR) is 79.2 cm³/mol. The Morgan fingerprint density at radius 2 is 1.94 bits per heavy atom. The normalized spacial score (nSPS) is 26.2. The maximum absolute atomic E-state index is 5.89. The van der Waals surface area contributed by atoms with Crippen LogP contribution in [0.5, 0.6) is 0 Å². The number of thioether (sulfide) groups is 1. The van der Waals surface area contributed by atoms with Gasteiger partial charge in [0.1, 0.15) is 5.60 Å². The molecular formula is C16H24OS. The summed E-state index contributed by atoms with van der Waals surface area (Å²) in [4.78, 5) is 1.35. The van der Waals surface area contributed by atoms with Gasteiger partial charge in [-0.3, -0.25) is 0 Å². The van der Waals surface area contributed by atoms with Crippen molar-refractivity contribution in [3.63, 3.8) is 0 Å². The van der Waals surface area contributed by atoms with Crippen LogP contribution in [0, 0.1) is 0 Å². The Balaban J connectivity index is 1.65. The molecule has 100 valence electrons. The van der Waals surface area contributed by atoms with E-state index in [1.54, 1.807) is 0 Å². The lowest BCUT2D eigenvalue weighted by Crippen LogP contribution is -2.13. The summed E-state index contributed by atoms with van der Waals surface area (Å²) < 4.78 is 5.89. The minimum atomic E-state index is 0.132. The molecule has 2 heteroatoms. The van der Waals surface area contributed by atoms with E-state index in [1.165, 1.54) is 37.0 Å². The quantitative estimate of drug-likeness (QED) is 0.376. The Bertz CT molecular complexity index is 351. The van der Waals surface area contributed by atoms with Crippen LogP contribution in [0.1, 0.15) is 46.0 Å². The molecule has 0 saturated carbocycles. The predicted octanol–water partition coefficient (Wildman–Crippen LogP) is 4.91. The molecule has 0 N–H and O–H groups in total. The molecule has 0 unspecified atom stereocenters. The summed E-state index contributed by atoms with van der Waals surface area (Å²) in [5.41, 5.74) is 0.132. The van der Waals surface area contributed by atoms with Crippen LogP contribution in [0.3, 0.4) is 0 Å². The van der Waals surface area contributed by atoms with Crippen molar-refractivity contribution in [2.45, 2.75) is 62.6 Å². The molecule has 0 bridgehead atoms. The molecule has 1 aliphatic heterocycles. The lowest BCUT2D eigenvalue weighted by molar-refractivity contribution is 0.321. The maximum atomic E-state index is 5.89. The third kappa shape index (κ3) is 4.03. The second kappa shape index (κ2) is 6.63. The van der Waals surface area contributed by atoms with E-state index in [2.05, 4.69) is 44.2 Å². The molecule has 1 aliphatic rings. The van der Waals surface area contributed by atoms with Gasteiger partial charge in [-0.15, -0.1) is 11.8 Å². The fourth-order valence-corrected chi connectivity index (χ4v) is 3.34. The Morgan fingerprint density at radius 3 is 2.67 bits per heavy atom. The molecule has 2 rings (SSSR count). The number of unbranched alkanes of at least 4 members (excludes halogenated alkanes) is 3. The Labute approximate surface area is 115 Å². The summed E-state index contributed by atoms with van der Waals surface area (Å²) in [6, 6.07) is 10.6. The van der Waals surface area contributed by atoms with E-state index in [9.17, 15) is 0 Å². The highest BCUT2D eigenvalue weighted by Gasteiger charge is 2.51. The average molecular weight is 264 g/mol. The summed E-state index contributed by atoms with van der Waals surface area (Å²) in [5, 5.41) is 0. The molecule has 1 aromatic carbocycles. The van der Waals surface area contributed by atoms with Crippen LogP contribution >= 0.6 is 11.8 Å².